The van der Waals surface area contributed by atoms with Crippen molar-refractivity contribution in [3.05, 3.63) is 11.8 Å². The molecule has 11 nitrogen and oxygen atoms in total. The van der Waals surface area contributed by atoms with Crippen LogP contribution in [0.5, 0.6) is 0 Å². The lowest BCUT2D eigenvalue weighted by atomic mass is 10.00. The topological polar surface area (TPSA) is 132 Å². The van der Waals surface area contributed by atoms with Gasteiger partial charge in [-0.1, -0.05) is 32.5 Å². The Balaban J connectivity index is 2.85. The molecule has 224 valence electrons. The molecule has 1 heterocycles. The van der Waals surface area contributed by atoms with Gasteiger partial charge in [-0.05, 0) is 45.9 Å². The van der Waals surface area contributed by atoms with Crippen LogP contribution in [0.25, 0.3) is 0 Å². The summed E-state index contributed by atoms with van der Waals surface area (Å²) in [4.78, 5) is 48.6. The number of nitrogens with one attached hydrogen (secondary N) is 2. The number of carbonyl (C=O) groups excluding carboxylic acids is 4. The molecule has 2 amide bonds. The molecule has 39 heavy (non-hydrogen) atoms. The summed E-state index contributed by atoms with van der Waals surface area (Å²) in [6.07, 6.45) is 0.972. The fraction of sp³-hybridized carbons (Fsp3) is 0.750. The van der Waals surface area contributed by atoms with E-state index in [0.29, 0.717) is 24.2 Å². The number of alkyl halides is 1. The van der Waals surface area contributed by atoms with Crippen LogP contribution in [0, 0.1) is 5.41 Å². The number of esters is 1. The first-order valence-electron chi connectivity index (χ1n) is 12.5. The zero-order valence-electron chi connectivity index (χ0n) is 23.7. The van der Waals surface area contributed by atoms with Gasteiger partial charge in [-0.15, -0.1) is 11.6 Å². The summed E-state index contributed by atoms with van der Waals surface area (Å²) < 4.78 is 23.2. The summed E-state index contributed by atoms with van der Waals surface area (Å²) in [5.41, 5.74) is -0.183. The molecule has 2 N–H and O–H groups in total. The van der Waals surface area contributed by atoms with Gasteiger partial charge in [0.05, 0.1) is 30.8 Å². The number of thioether (sulfide) groups is 1. The molecular weight excluding hydrogens is 589 g/mol. The van der Waals surface area contributed by atoms with Gasteiger partial charge >= 0.3 is 5.97 Å². The second-order valence-electron chi connectivity index (χ2n) is 10.3. The molecule has 0 aromatic carbocycles. The van der Waals surface area contributed by atoms with Gasteiger partial charge in [0.15, 0.2) is 5.12 Å². The number of amides is 2. The highest BCUT2D eigenvalue weighted by Gasteiger charge is 2.38. The zero-order valence-corrected chi connectivity index (χ0v) is 27.0. The Hall–Kier alpha value is -1.05. The number of nitrogens with zero attached hydrogens (tertiary/aromatic N) is 1. The van der Waals surface area contributed by atoms with E-state index in [-0.39, 0.29) is 24.4 Å². The van der Waals surface area contributed by atoms with E-state index >= 15 is 0 Å². The highest BCUT2D eigenvalue weighted by Crippen LogP contribution is 2.46. The minimum atomic E-state index is -3.21. The number of ether oxygens (including phenoxy) is 2. The first kappa shape index (κ1) is 36.0. The molecule has 0 radical (unpaired) electrons. The van der Waals surface area contributed by atoms with E-state index in [1.54, 1.807) is 39.6 Å². The summed E-state index contributed by atoms with van der Waals surface area (Å²) in [5, 5.41) is 4.65. The Bertz CT molecular complexity index is 947. The molecule has 0 saturated carbocycles. The van der Waals surface area contributed by atoms with Crippen molar-refractivity contribution < 1.29 is 37.7 Å². The fourth-order valence-corrected chi connectivity index (χ4v) is 6.92. The minimum Gasteiger partial charge on any atom is -0.462 e. The van der Waals surface area contributed by atoms with Gasteiger partial charge in [-0.2, -0.15) is 0 Å². The van der Waals surface area contributed by atoms with Gasteiger partial charge in [0.1, 0.15) is 12.3 Å². The van der Waals surface area contributed by atoms with Crippen molar-refractivity contribution in [2.24, 2.45) is 5.41 Å². The lowest BCUT2D eigenvalue weighted by molar-refractivity contribution is -0.149. The van der Waals surface area contributed by atoms with E-state index in [0.717, 1.165) is 11.8 Å². The number of carbonyl (C=O) groups is 4. The summed E-state index contributed by atoms with van der Waals surface area (Å²) >= 11 is 13.4. The van der Waals surface area contributed by atoms with E-state index in [4.69, 9.17) is 41.9 Å². The molecule has 0 aromatic heterocycles. The van der Waals surface area contributed by atoms with Crippen molar-refractivity contribution in [2.45, 2.75) is 84.7 Å². The van der Waals surface area contributed by atoms with Gasteiger partial charge < -0.3 is 23.4 Å². The lowest BCUT2D eigenvalue weighted by Gasteiger charge is -2.28. The third-order valence-electron chi connectivity index (χ3n) is 5.15. The van der Waals surface area contributed by atoms with Crippen molar-refractivity contribution >= 4 is 65.2 Å². The van der Waals surface area contributed by atoms with Crippen LogP contribution in [0.2, 0.25) is 0 Å². The second-order valence-corrected chi connectivity index (χ2v) is 15.2. The molecule has 1 saturated heterocycles. The molecule has 0 aromatic rings. The van der Waals surface area contributed by atoms with Crippen molar-refractivity contribution in [1.82, 2.24) is 15.3 Å². The average molecular weight is 630 g/mol. The summed E-state index contributed by atoms with van der Waals surface area (Å²) in [6, 6.07) is -0.795. The fourth-order valence-electron chi connectivity index (χ4n) is 3.19. The van der Waals surface area contributed by atoms with E-state index in [9.17, 15) is 19.2 Å². The van der Waals surface area contributed by atoms with Crippen LogP contribution in [0.4, 0.5) is 0 Å². The highest BCUT2D eigenvalue weighted by molar-refractivity contribution is 8.13. The molecule has 15 heteroatoms. The summed E-state index contributed by atoms with van der Waals surface area (Å²) in [7, 11) is 1.70. The summed E-state index contributed by atoms with van der Waals surface area (Å²) in [5.74, 6) is -0.661. The van der Waals surface area contributed by atoms with Gasteiger partial charge in [-0.25, -0.2) is 5.09 Å². The molecule has 1 aliphatic rings. The van der Waals surface area contributed by atoms with E-state index in [1.165, 1.54) is 6.20 Å². The maximum Gasteiger partial charge on any atom is 0.323 e. The Labute approximate surface area is 245 Å². The van der Waals surface area contributed by atoms with E-state index in [1.807, 2.05) is 20.8 Å². The molecule has 0 aliphatic carbocycles. The molecule has 5 unspecified atom stereocenters. The van der Waals surface area contributed by atoms with Crippen LogP contribution in [0.3, 0.4) is 0 Å². The first-order chi connectivity index (χ1) is 18.0. The smallest absolute Gasteiger partial charge is 0.323 e. The number of hydrogen-bond acceptors (Lipinski definition) is 11. The predicted molar refractivity (Wildman–Crippen MR) is 156 cm³/mol. The van der Waals surface area contributed by atoms with Crippen LogP contribution < -0.4 is 10.4 Å². The largest absolute Gasteiger partial charge is 0.462 e. The second kappa shape index (κ2) is 16.4. The number of rotatable bonds is 15. The molecule has 5 atom stereocenters. The van der Waals surface area contributed by atoms with Gasteiger partial charge in [-0.3, -0.25) is 24.5 Å². The van der Waals surface area contributed by atoms with Crippen molar-refractivity contribution in [2.75, 3.05) is 26.0 Å². The highest BCUT2D eigenvalue weighted by atomic mass is 35.5. The molecular formula is C24H41ClN3O8PS2. The molecule has 1 fully saturated rings. The van der Waals surface area contributed by atoms with Crippen LogP contribution in [0.15, 0.2) is 11.8 Å². The maximum atomic E-state index is 12.4. The van der Waals surface area contributed by atoms with Gasteiger partial charge in [0.2, 0.25) is 6.41 Å². The SMILES string of the molecule is C/C(=C/N(C)C1OC(COP(=S)(NC(C)C(=O)OC(C)C)OCCSC(=O)C(C)(C)C)CC1Cl)C(=O)NC=O. The standard InChI is InChI=1S/C24H41ClN3O8PS2/c1-15(2)35-22(31)17(4)27-37(38,33-9-10-39-23(32)24(5,6)7)34-13-18-11-19(25)21(36-18)28(8)12-16(3)20(30)26-14-29/h12,14-15,17-19,21H,9-11,13H2,1-8H3,(H,27,38)(H,26,29,30)/b16-12-. The molecule has 1 rings (SSSR count). The van der Waals surface area contributed by atoms with Gasteiger partial charge in [0.25, 0.3) is 12.5 Å². The molecule has 1 aliphatic heterocycles. The zero-order chi connectivity index (χ0) is 30.0. The Morgan fingerprint density at radius 1 is 1.26 bits per heavy atom. The Morgan fingerprint density at radius 2 is 1.90 bits per heavy atom. The number of hydrogen-bond donors (Lipinski definition) is 2. The van der Waals surface area contributed by atoms with Crippen LogP contribution in [0.1, 0.15) is 54.9 Å². The van der Waals surface area contributed by atoms with Gasteiger partial charge in [0, 0.05) is 30.0 Å². The third-order valence-corrected chi connectivity index (χ3v) is 9.46. The third kappa shape index (κ3) is 13.0. The normalized spacial score (nSPS) is 22.2. The predicted octanol–water partition coefficient (Wildman–Crippen LogP) is 3.31. The van der Waals surface area contributed by atoms with Crippen molar-refractivity contribution in [3.8, 4) is 0 Å². The number of halogens is 1. The van der Waals surface area contributed by atoms with E-state index in [2.05, 4.69) is 10.4 Å². The van der Waals surface area contributed by atoms with Crippen molar-refractivity contribution in [3.63, 3.8) is 0 Å². The minimum absolute atomic E-state index is 0.0257. The number of imide groups is 1. The Morgan fingerprint density at radius 3 is 2.46 bits per heavy atom. The lowest BCUT2D eigenvalue weighted by Crippen LogP contribution is -2.36. The quantitative estimate of drug-likeness (QED) is 0.0688. The van der Waals surface area contributed by atoms with Crippen LogP contribution in [-0.2, 0) is 49.5 Å². The molecule has 0 spiro atoms. The monoisotopic (exact) mass is 629 g/mol. The maximum absolute atomic E-state index is 12.4. The first-order valence-corrected chi connectivity index (χ1v) is 16.5. The Kier molecular flexibility index (Phi) is 15.1. The van der Waals surface area contributed by atoms with Crippen LogP contribution in [-0.4, -0.2) is 84.2 Å². The average Bonchev–Trinajstić information content (AvgIpc) is 3.20. The molecule has 0 bridgehead atoms. The van der Waals surface area contributed by atoms with E-state index < -0.39 is 47.7 Å². The van der Waals surface area contributed by atoms with Crippen LogP contribution >= 0.6 is 30.0 Å². The van der Waals surface area contributed by atoms with Crippen molar-refractivity contribution in [1.29, 1.82) is 0 Å². The summed E-state index contributed by atoms with van der Waals surface area (Å²) in [6.45, 7) is 9.14.